The molecule has 0 unspecified atom stereocenters. The number of nitrogens with zero attached hydrogens (tertiary/aromatic N) is 1. The molecule has 0 saturated carbocycles. The number of halogens is 1. The van der Waals surface area contributed by atoms with Crippen molar-refractivity contribution in [2.75, 3.05) is 6.26 Å². The Bertz CT molecular complexity index is 1360. The van der Waals surface area contributed by atoms with Gasteiger partial charge in [-0.15, -0.1) is 0 Å². The van der Waals surface area contributed by atoms with Gasteiger partial charge in [0.1, 0.15) is 0 Å². The van der Waals surface area contributed by atoms with Crippen LogP contribution in [-0.4, -0.2) is 19.7 Å². The van der Waals surface area contributed by atoms with Crippen LogP contribution in [0, 0.1) is 0 Å². The van der Waals surface area contributed by atoms with Crippen molar-refractivity contribution < 1.29 is 8.42 Å². The van der Waals surface area contributed by atoms with Crippen LogP contribution in [0.25, 0.3) is 33.2 Å². The molecule has 0 saturated heterocycles. The van der Waals surface area contributed by atoms with Crippen molar-refractivity contribution in [3.05, 3.63) is 89.0 Å². The maximum atomic E-state index is 12.5. The van der Waals surface area contributed by atoms with Crippen molar-refractivity contribution in [2.24, 2.45) is 0 Å². The molecule has 0 aliphatic carbocycles. The fraction of sp³-hybridized carbons (Fsp3) is 0.160. The van der Waals surface area contributed by atoms with E-state index in [2.05, 4.69) is 39.1 Å². The maximum absolute atomic E-state index is 12.5. The van der Waals surface area contributed by atoms with Crippen LogP contribution in [0.1, 0.15) is 19.4 Å². The zero-order valence-electron chi connectivity index (χ0n) is 17.1. The van der Waals surface area contributed by atoms with Crippen molar-refractivity contribution in [2.45, 2.75) is 18.6 Å². The lowest BCUT2D eigenvalue weighted by Crippen LogP contribution is -2.28. The van der Waals surface area contributed by atoms with Crippen LogP contribution in [0.4, 0.5) is 0 Å². The second kappa shape index (κ2) is 7.64. The molecule has 3 nitrogen and oxygen atoms in total. The SMILES string of the molecule is CC(C)(c1cc(-c2cccc(-c3ccccc3Br)c2)c2ncccc2c1)S(C)(=O)=O. The number of pyridine rings is 1. The van der Waals surface area contributed by atoms with E-state index in [4.69, 9.17) is 0 Å². The summed E-state index contributed by atoms with van der Waals surface area (Å²) in [6.45, 7) is 3.50. The molecule has 0 spiro atoms. The molecule has 0 aliphatic rings. The molecule has 0 bridgehead atoms. The van der Waals surface area contributed by atoms with Crippen molar-refractivity contribution in [1.29, 1.82) is 0 Å². The van der Waals surface area contributed by atoms with E-state index < -0.39 is 14.6 Å². The van der Waals surface area contributed by atoms with Gasteiger partial charge in [0.2, 0.25) is 0 Å². The van der Waals surface area contributed by atoms with E-state index in [9.17, 15) is 8.42 Å². The summed E-state index contributed by atoms with van der Waals surface area (Å²) >= 11 is 3.63. The third-order valence-electron chi connectivity index (χ3n) is 5.69. The predicted octanol–water partition coefficient (Wildman–Crippen LogP) is 6.61. The summed E-state index contributed by atoms with van der Waals surface area (Å²) in [6.07, 6.45) is 3.05. The summed E-state index contributed by atoms with van der Waals surface area (Å²) in [4.78, 5) is 4.60. The molecule has 4 aromatic rings. The van der Waals surface area contributed by atoms with E-state index in [0.29, 0.717) is 0 Å². The second-order valence-corrected chi connectivity index (χ2v) is 11.4. The summed E-state index contributed by atoms with van der Waals surface area (Å²) in [5.74, 6) is 0. The summed E-state index contributed by atoms with van der Waals surface area (Å²) in [6, 6.07) is 24.1. The van der Waals surface area contributed by atoms with Gasteiger partial charge >= 0.3 is 0 Å². The van der Waals surface area contributed by atoms with Gasteiger partial charge in [-0.2, -0.15) is 0 Å². The number of hydrogen-bond donors (Lipinski definition) is 0. The van der Waals surface area contributed by atoms with Gasteiger partial charge in [-0.3, -0.25) is 4.98 Å². The molecule has 1 heterocycles. The highest BCUT2D eigenvalue weighted by atomic mass is 79.9. The smallest absolute Gasteiger partial charge is 0.156 e. The number of aromatic nitrogens is 1. The fourth-order valence-electron chi connectivity index (χ4n) is 3.52. The molecule has 0 radical (unpaired) electrons. The van der Waals surface area contributed by atoms with Crippen molar-refractivity contribution >= 4 is 36.7 Å². The van der Waals surface area contributed by atoms with Gasteiger partial charge < -0.3 is 0 Å². The summed E-state index contributed by atoms with van der Waals surface area (Å²) in [5.41, 5.74) is 5.72. The van der Waals surface area contributed by atoms with E-state index in [-0.39, 0.29) is 0 Å². The van der Waals surface area contributed by atoms with Gasteiger partial charge in [-0.25, -0.2) is 8.42 Å². The summed E-state index contributed by atoms with van der Waals surface area (Å²) < 4.78 is 25.0. The minimum Gasteiger partial charge on any atom is -0.256 e. The van der Waals surface area contributed by atoms with Crippen LogP contribution in [0.3, 0.4) is 0 Å². The largest absolute Gasteiger partial charge is 0.256 e. The topological polar surface area (TPSA) is 47.0 Å². The number of sulfone groups is 1. The Morgan fingerprint density at radius 3 is 2.23 bits per heavy atom. The first-order valence-corrected chi connectivity index (χ1v) is 12.3. The minimum absolute atomic E-state index is 0.756. The van der Waals surface area contributed by atoms with Crippen LogP contribution in [-0.2, 0) is 14.6 Å². The molecule has 152 valence electrons. The van der Waals surface area contributed by atoms with E-state index in [1.54, 1.807) is 20.0 Å². The van der Waals surface area contributed by atoms with Gasteiger partial charge in [0.05, 0.1) is 10.3 Å². The molecule has 3 aromatic carbocycles. The van der Waals surface area contributed by atoms with Crippen LogP contribution in [0.15, 0.2) is 83.5 Å². The highest BCUT2D eigenvalue weighted by Crippen LogP contribution is 2.38. The highest BCUT2D eigenvalue weighted by molar-refractivity contribution is 9.10. The Balaban J connectivity index is 1.98. The zero-order chi connectivity index (χ0) is 21.5. The van der Waals surface area contributed by atoms with E-state index >= 15 is 0 Å². The molecule has 1 aromatic heterocycles. The van der Waals surface area contributed by atoms with Gasteiger partial charge in [0.25, 0.3) is 0 Å². The van der Waals surface area contributed by atoms with Gasteiger partial charge in [-0.1, -0.05) is 58.4 Å². The number of hydrogen-bond acceptors (Lipinski definition) is 3. The molecule has 0 amide bonds. The zero-order valence-corrected chi connectivity index (χ0v) is 19.5. The highest BCUT2D eigenvalue weighted by Gasteiger charge is 2.33. The predicted molar refractivity (Wildman–Crippen MR) is 128 cm³/mol. The Labute approximate surface area is 185 Å². The number of rotatable bonds is 4. The first kappa shape index (κ1) is 20.8. The lowest BCUT2D eigenvalue weighted by atomic mass is 9.92. The Morgan fingerprint density at radius 2 is 1.53 bits per heavy atom. The first-order valence-electron chi connectivity index (χ1n) is 9.63. The Kier molecular flexibility index (Phi) is 5.28. The van der Waals surface area contributed by atoms with Crippen LogP contribution >= 0.6 is 15.9 Å². The van der Waals surface area contributed by atoms with Gasteiger partial charge in [0.15, 0.2) is 9.84 Å². The molecule has 0 fully saturated rings. The van der Waals surface area contributed by atoms with Gasteiger partial charge in [-0.05, 0) is 66.4 Å². The molecule has 30 heavy (non-hydrogen) atoms. The molecule has 0 atom stereocenters. The fourth-order valence-corrected chi connectivity index (χ4v) is 4.58. The molecular weight excluding hydrogens is 458 g/mol. The van der Waals surface area contributed by atoms with Crippen LogP contribution in [0.5, 0.6) is 0 Å². The quantitative estimate of drug-likeness (QED) is 0.330. The minimum atomic E-state index is -3.31. The van der Waals surface area contributed by atoms with Crippen molar-refractivity contribution in [3.63, 3.8) is 0 Å². The standard InChI is InChI=1S/C25H22BrNO2S/c1-25(2,30(3,28)29)20-15-19-10-7-13-27-24(19)22(16-20)18-9-6-8-17(14-18)21-11-4-5-12-23(21)26/h4-16H,1-3H3. The van der Waals surface area contributed by atoms with Crippen LogP contribution < -0.4 is 0 Å². The van der Waals surface area contributed by atoms with Crippen molar-refractivity contribution in [1.82, 2.24) is 4.98 Å². The lowest BCUT2D eigenvalue weighted by molar-refractivity contribution is 0.561. The first-order chi connectivity index (χ1) is 14.2. The summed E-state index contributed by atoms with van der Waals surface area (Å²) in [7, 11) is -3.31. The molecule has 4 rings (SSSR count). The second-order valence-electron chi connectivity index (χ2n) is 7.94. The molecule has 5 heteroatoms. The lowest BCUT2D eigenvalue weighted by Gasteiger charge is -2.24. The number of fused-ring (bicyclic) bond motifs is 1. The van der Waals surface area contributed by atoms with Crippen molar-refractivity contribution in [3.8, 4) is 22.3 Å². The number of benzene rings is 3. The average Bonchev–Trinajstić information content (AvgIpc) is 2.72. The van der Waals surface area contributed by atoms with Crippen LogP contribution in [0.2, 0.25) is 0 Å². The third-order valence-corrected chi connectivity index (χ3v) is 8.47. The normalized spacial score (nSPS) is 12.3. The maximum Gasteiger partial charge on any atom is 0.156 e. The Morgan fingerprint density at radius 1 is 0.833 bits per heavy atom. The molecular formula is C25H22BrNO2S. The van der Waals surface area contributed by atoms with E-state index in [1.807, 2.05) is 54.6 Å². The monoisotopic (exact) mass is 479 g/mol. The molecule has 0 N–H and O–H groups in total. The average molecular weight is 480 g/mol. The van der Waals surface area contributed by atoms with Gasteiger partial charge in [0, 0.05) is 27.9 Å². The third kappa shape index (κ3) is 3.68. The van der Waals surface area contributed by atoms with E-state index in [1.165, 1.54) is 6.26 Å². The molecule has 0 aliphatic heterocycles. The van der Waals surface area contributed by atoms with E-state index in [0.717, 1.165) is 43.2 Å². The Hall–Kier alpha value is -2.50. The summed E-state index contributed by atoms with van der Waals surface area (Å²) in [5, 5.41) is 0.924.